The third-order valence-corrected chi connectivity index (χ3v) is 4.74. The molecule has 0 radical (unpaired) electrons. The van der Waals surface area contributed by atoms with Crippen LogP contribution in [0, 0.1) is 0 Å². The maximum atomic E-state index is 13.2. The van der Waals surface area contributed by atoms with Crippen LogP contribution >= 0.6 is 0 Å². The predicted molar refractivity (Wildman–Crippen MR) is 110 cm³/mol. The molecule has 1 amide bonds. The van der Waals surface area contributed by atoms with Crippen LogP contribution in [-0.4, -0.2) is 17.7 Å². The highest BCUT2D eigenvalue weighted by Gasteiger charge is 2.31. The fourth-order valence-electron chi connectivity index (χ4n) is 3.29. The number of hydrogen-bond acceptors (Lipinski definition) is 2. The van der Waals surface area contributed by atoms with Crippen molar-refractivity contribution < 1.29 is 22.7 Å². The summed E-state index contributed by atoms with van der Waals surface area (Å²) in [5.74, 6) is 0.643. The van der Waals surface area contributed by atoms with Crippen molar-refractivity contribution in [1.82, 2.24) is 4.57 Å². The van der Waals surface area contributed by atoms with Crippen molar-refractivity contribution in [2.75, 3.05) is 12.4 Å². The molecule has 4 aromatic rings. The lowest BCUT2D eigenvalue weighted by Crippen LogP contribution is -2.20. The van der Waals surface area contributed by atoms with Gasteiger partial charge >= 0.3 is 12.2 Å². The van der Waals surface area contributed by atoms with Crippen LogP contribution < -0.4 is 10.1 Å². The first-order valence-electron chi connectivity index (χ1n) is 9.10. The van der Waals surface area contributed by atoms with Gasteiger partial charge in [0.15, 0.2) is 0 Å². The van der Waals surface area contributed by atoms with Gasteiger partial charge in [0.25, 0.3) is 0 Å². The molecule has 0 aliphatic heterocycles. The largest absolute Gasteiger partial charge is 0.497 e. The fraction of sp³-hybridized carbons (Fsp3) is 0.0870. The van der Waals surface area contributed by atoms with Gasteiger partial charge in [0.2, 0.25) is 0 Å². The van der Waals surface area contributed by atoms with Crippen molar-refractivity contribution in [1.29, 1.82) is 0 Å². The Morgan fingerprint density at radius 3 is 2.27 bits per heavy atom. The molecule has 0 unspecified atom stereocenters. The molecule has 0 bridgehead atoms. The van der Waals surface area contributed by atoms with Gasteiger partial charge in [-0.3, -0.25) is 4.57 Å². The Morgan fingerprint density at radius 1 is 0.933 bits per heavy atom. The second kappa shape index (κ2) is 7.59. The molecule has 1 heterocycles. The lowest BCUT2D eigenvalue weighted by atomic mass is 10.1. The first-order valence-corrected chi connectivity index (χ1v) is 9.10. The van der Waals surface area contributed by atoms with Crippen molar-refractivity contribution in [2.24, 2.45) is 0 Å². The Balaban J connectivity index is 1.82. The zero-order chi connectivity index (χ0) is 21.3. The number of hydrogen-bond donors (Lipinski definition) is 1. The number of amides is 1. The van der Waals surface area contributed by atoms with Crippen LogP contribution in [0.3, 0.4) is 0 Å². The molecule has 0 aliphatic carbocycles. The van der Waals surface area contributed by atoms with Crippen molar-refractivity contribution in [3.63, 3.8) is 0 Å². The number of nitrogens with zero attached hydrogens (tertiary/aromatic N) is 1. The number of nitrogens with one attached hydrogen (secondary N) is 1. The lowest BCUT2D eigenvalue weighted by Gasteiger charge is -2.12. The number of carbonyl (C=O) groups is 1. The Hall–Kier alpha value is -3.74. The molecule has 4 rings (SSSR count). The Bertz CT molecular complexity index is 1200. The highest BCUT2D eigenvalue weighted by molar-refractivity contribution is 6.03. The number of benzene rings is 3. The zero-order valence-corrected chi connectivity index (χ0v) is 15.9. The van der Waals surface area contributed by atoms with Crippen LogP contribution in [0.5, 0.6) is 5.75 Å². The molecule has 7 heteroatoms. The van der Waals surface area contributed by atoms with Crippen molar-refractivity contribution in [3.8, 4) is 17.0 Å². The minimum atomic E-state index is -4.46. The van der Waals surface area contributed by atoms with E-state index in [-0.39, 0.29) is 0 Å². The standard InChI is InChI=1S/C23H17F3N2O2/c1-30-19-10-8-18(9-11-19)27-22(29)28-20-12-7-17(23(24,25)26)13-16(20)14-21(28)15-5-3-2-4-6-15/h2-14H,1H3,(H,27,29). The van der Waals surface area contributed by atoms with E-state index in [2.05, 4.69) is 5.32 Å². The average Bonchev–Trinajstić information content (AvgIpc) is 3.13. The number of alkyl halides is 3. The number of anilines is 1. The first-order chi connectivity index (χ1) is 14.4. The van der Waals surface area contributed by atoms with Crippen LogP contribution in [0.4, 0.5) is 23.7 Å². The Kier molecular flexibility index (Phi) is 4.95. The third-order valence-electron chi connectivity index (χ3n) is 4.74. The lowest BCUT2D eigenvalue weighted by molar-refractivity contribution is -0.137. The zero-order valence-electron chi connectivity index (χ0n) is 15.9. The SMILES string of the molecule is COc1ccc(NC(=O)n2c(-c3ccccc3)cc3cc(C(F)(F)F)ccc32)cc1. The second-order valence-electron chi connectivity index (χ2n) is 6.66. The van der Waals surface area contributed by atoms with Gasteiger partial charge in [0.1, 0.15) is 5.75 Å². The van der Waals surface area contributed by atoms with E-state index in [1.165, 1.54) is 10.6 Å². The molecule has 30 heavy (non-hydrogen) atoms. The highest BCUT2D eigenvalue weighted by atomic mass is 19.4. The minimum Gasteiger partial charge on any atom is -0.497 e. The van der Waals surface area contributed by atoms with E-state index >= 15 is 0 Å². The van der Waals surface area contributed by atoms with Crippen molar-refractivity contribution >= 4 is 22.6 Å². The second-order valence-corrected chi connectivity index (χ2v) is 6.66. The molecule has 152 valence electrons. The fourth-order valence-corrected chi connectivity index (χ4v) is 3.29. The molecular weight excluding hydrogens is 393 g/mol. The Morgan fingerprint density at radius 2 is 1.63 bits per heavy atom. The number of halogens is 3. The van der Waals surface area contributed by atoms with Crippen molar-refractivity contribution in [2.45, 2.75) is 6.18 Å². The summed E-state index contributed by atoms with van der Waals surface area (Å²) in [4.78, 5) is 13.1. The van der Waals surface area contributed by atoms with E-state index in [9.17, 15) is 18.0 Å². The summed E-state index contributed by atoms with van der Waals surface area (Å²) in [6, 6.07) is 20.3. The highest BCUT2D eigenvalue weighted by Crippen LogP contribution is 2.34. The normalized spacial score (nSPS) is 11.5. The number of carbonyl (C=O) groups excluding carboxylic acids is 1. The minimum absolute atomic E-state index is 0.327. The van der Waals surface area contributed by atoms with Gasteiger partial charge in [-0.1, -0.05) is 30.3 Å². The van der Waals surface area contributed by atoms with Crippen LogP contribution in [0.15, 0.2) is 78.9 Å². The topological polar surface area (TPSA) is 43.3 Å². The van der Waals surface area contributed by atoms with Crippen LogP contribution in [0.2, 0.25) is 0 Å². The van der Waals surface area contributed by atoms with Crippen LogP contribution in [0.1, 0.15) is 5.56 Å². The average molecular weight is 410 g/mol. The van der Waals surface area contributed by atoms with E-state index in [0.717, 1.165) is 12.1 Å². The molecule has 0 spiro atoms. The van der Waals surface area contributed by atoms with Gasteiger partial charge in [-0.05, 0) is 54.1 Å². The van der Waals surface area contributed by atoms with Gasteiger partial charge in [-0.2, -0.15) is 13.2 Å². The number of rotatable bonds is 3. The number of aromatic nitrogens is 1. The summed E-state index contributed by atoms with van der Waals surface area (Å²) >= 11 is 0. The van der Waals surface area contributed by atoms with Crippen LogP contribution in [0.25, 0.3) is 22.2 Å². The number of methoxy groups -OCH3 is 1. The molecule has 0 fully saturated rings. The van der Waals surface area contributed by atoms with Gasteiger partial charge in [-0.15, -0.1) is 0 Å². The molecule has 1 aromatic heterocycles. The molecule has 0 saturated carbocycles. The van der Waals surface area contributed by atoms with Gasteiger partial charge in [0.05, 0.1) is 23.9 Å². The summed E-state index contributed by atoms with van der Waals surface area (Å²) in [5.41, 5.74) is 1.37. The van der Waals surface area contributed by atoms with Gasteiger partial charge in [0, 0.05) is 11.1 Å². The van der Waals surface area contributed by atoms with E-state index in [1.54, 1.807) is 61.7 Å². The summed E-state index contributed by atoms with van der Waals surface area (Å²) < 4.78 is 46.0. The van der Waals surface area contributed by atoms with E-state index in [4.69, 9.17) is 4.74 Å². The summed E-state index contributed by atoms with van der Waals surface area (Å²) in [5, 5.41) is 3.12. The van der Waals surface area contributed by atoms with E-state index < -0.39 is 17.8 Å². The van der Waals surface area contributed by atoms with E-state index in [1.807, 2.05) is 6.07 Å². The maximum absolute atomic E-state index is 13.2. The van der Waals surface area contributed by atoms with E-state index in [0.29, 0.717) is 33.6 Å². The molecular formula is C23H17F3N2O2. The molecule has 3 aromatic carbocycles. The van der Waals surface area contributed by atoms with Crippen LogP contribution in [-0.2, 0) is 6.18 Å². The van der Waals surface area contributed by atoms with Gasteiger partial charge < -0.3 is 10.1 Å². The molecule has 0 aliphatic rings. The Labute approximate surface area is 170 Å². The molecule has 0 saturated heterocycles. The maximum Gasteiger partial charge on any atom is 0.416 e. The number of ether oxygens (including phenoxy) is 1. The third kappa shape index (κ3) is 3.74. The molecule has 4 nitrogen and oxygen atoms in total. The smallest absolute Gasteiger partial charge is 0.416 e. The first kappa shape index (κ1) is 19.6. The summed E-state index contributed by atoms with van der Waals surface area (Å²) in [6.45, 7) is 0. The molecule has 0 atom stereocenters. The monoisotopic (exact) mass is 410 g/mol. The quantitative estimate of drug-likeness (QED) is 0.424. The number of fused-ring (bicyclic) bond motifs is 1. The summed E-state index contributed by atoms with van der Waals surface area (Å²) in [7, 11) is 1.54. The summed E-state index contributed by atoms with van der Waals surface area (Å²) in [6.07, 6.45) is -4.46. The van der Waals surface area contributed by atoms with Gasteiger partial charge in [-0.25, -0.2) is 4.79 Å². The molecule has 1 N–H and O–H groups in total. The van der Waals surface area contributed by atoms with Crippen molar-refractivity contribution in [3.05, 3.63) is 84.4 Å². The predicted octanol–water partition coefficient (Wildman–Crippen LogP) is 6.42.